The van der Waals surface area contributed by atoms with Gasteiger partial charge in [0.2, 0.25) is 0 Å². The van der Waals surface area contributed by atoms with Gasteiger partial charge in [0.15, 0.2) is 5.06 Å². The van der Waals surface area contributed by atoms with Gasteiger partial charge in [-0.25, -0.2) is 4.79 Å². The third-order valence-corrected chi connectivity index (χ3v) is 6.01. The van der Waals surface area contributed by atoms with Gasteiger partial charge in [-0.15, -0.1) is 11.3 Å². The van der Waals surface area contributed by atoms with Crippen LogP contribution >= 0.6 is 22.9 Å². The van der Waals surface area contributed by atoms with Gasteiger partial charge in [-0.2, -0.15) is 0 Å². The standard InChI is InChI=1S/C21H24ClNO4S/c1-13(2)10-18(24)27-19-11-14-12-23(9-8-17(14)28-19)20(21(25)26-3)15-6-4-5-7-16(15)22/h4-7,11,13,20H,8-10,12H2,1-3H3/t20-/m0/s1/i3D3. The van der Waals surface area contributed by atoms with Gasteiger partial charge in [0, 0.05) is 29.4 Å². The van der Waals surface area contributed by atoms with E-state index in [0.717, 1.165) is 10.4 Å². The van der Waals surface area contributed by atoms with E-state index < -0.39 is 19.0 Å². The molecule has 1 atom stereocenters. The Morgan fingerprint density at radius 3 is 2.86 bits per heavy atom. The van der Waals surface area contributed by atoms with E-state index in [0.29, 0.717) is 41.6 Å². The lowest BCUT2D eigenvalue weighted by molar-refractivity contribution is -0.147. The fourth-order valence-electron chi connectivity index (χ4n) is 3.31. The van der Waals surface area contributed by atoms with Crippen molar-refractivity contribution >= 4 is 34.9 Å². The molecule has 1 aliphatic heterocycles. The quantitative estimate of drug-likeness (QED) is 0.633. The number of ether oxygens (including phenoxy) is 2. The summed E-state index contributed by atoms with van der Waals surface area (Å²) in [7, 11) is -2.85. The topological polar surface area (TPSA) is 55.8 Å². The van der Waals surface area contributed by atoms with Gasteiger partial charge in [0.05, 0.1) is 11.2 Å². The molecular formula is C21H24ClNO4S. The monoisotopic (exact) mass is 424 g/mol. The van der Waals surface area contributed by atoms with E-state index in [1.807, 2.05) is 24.8 Å². The van der Waals surface area contributed by atoms with Crippen molar-refractivity contribution in [2.75, 3.05) is 13.6 Å². The summed E-state index contributed by atoms with van der Waals surface area (Å²) in [5, 5.41) is 0.881. The van der Waals surface area contributed by atoms with Crippen LogP contribution in [0.15, 0.2) is 30.3 Å². The van der Waals surface area contributed by atoms with Crippen LogP contribution in [0.4, 0.5) is 0 Å². The Labute approximate surface area is 178 Å². The minimum Gasteiger partial charge on any atom is -0.468 e. The third kappa shape index (κ3) is 4.74. The molecule has 1 aromatic heterocycles. The lowest BCUT2D eigenvalue weighted by Crippen LogP contribution is -2.38. The molecule has 5 nitrogen and oxygen atoms in total. The number of fused-ring (bicyclic) bond motifs is 1. The second kappa shape index (κ2) is 9.07. The first-order valence-electron chi connectivity index (χ1n) is 10.6. The summed E-state index contributed by atoms with van der Waals surface area (Å²) in [4.78, 5) is 27.7. The number of esters is 2. The van der Waals surface area contributed by atoms with Gasteiger partial charge in [0.1, 0.15) is 6.04 Å². The molecule has 28 heavy (non-hydrogen) atoms. The Balaban J connectivity index is 1.83. The molecule has 7 heteroatoms. The molecule has 2 heterocycles. The van der Waals surface area contributed by atoms with Crippen molar-refractivity contribution in [1.29, 1.82) is 0 Å². The summed E-state index contributed by atoms with van der Waals surface area (Å²) in [5.74, 6) is -0.950. The zero-order chi connectivity index (χ0) is 22.8. The van der Waals surface area contributed by atoms with Crippen LogP contribution in [-0.4, -0.2) is 30.4 Å². The van der Waals surface area contributed by atoms with Gasteiger partial charge < -0.3 is 9.47 Å². The molecule has 1 aromatic carbocycles. The Bertz CT molecular complexity index is 960. The highest BCUT2D eigenvalue weighted by atomic mass is 35.5. The maximum absolute atomic E-state index is 12.8. The smallest absolute Gasteiger partial charge is 0.327 e. The zero-order valence-electron chi connectivity index (χ0n) is 18.7. The number of carbonyl (C=O) groups is 2. The predicted molar refractivity (Wildman–Crippen MR) is 110 cm³/mol. The van der Waals surface area contributed by atoms with Crippen LogP contribution in [0.25, 0.3) is 0 Å². The molecule has 0 unspecified atom stereocenters. The second-order valence-corrected chi connectivity index (χ2v) is 8.66. The van der Waals surface area contributed by atoms with E-state index in [4.69, 9.17) is 25.2 Å². The molecule has 0 amide bonds. The van der Waals surface area contributed by atoms with Gasteiger partial charge >= 0.3 is 11.9 Å². The molecule has 150 valence electrons. The summed E-state index contributed by atoms with van der Waals surface area (Å²) in [6, 6.07) is 7.67. The van der Waals surface area contributed by atoms with Gasteiger partial charge in [-0.05, 0) is 35.6 Å². The number of rotatable bonds is 6. The molecule has 0 radical (unpaired) electrons. The average molecular weight is 425 g/mol. The zero-order valence-corrected chi connectivity index (χ0v) is 17.3. The van der Waals surface area contributed by atoms with E-state index >= 15 is 0 Å². The highest BCUT2D eigenvalue weighted by molar-refractivity contribution is 7.14. The lowest BCUT2D eigenvalue weighted by atomic mass is 10.0. The molecule has 2 aromatic rings. The largest absolute Gasteiger partial charge is 0.468 e. The Hall–Kier alpha value is -1.89. The number of methoxy groups -OCH3 is 1. The van der Waals surface area contributed by atoms with E-state index in [2.05, 4.69) is 0 Å². The number of carbonyl (C=O) groups excluding carboxylic acids is 2. The second-order valence-electron chi connectivity index (χ2n) is 7.15. The predicted octanol–water partition coefficient (Wildman–Crippen LogP) is 4.63. The van der Waals surface area contributed by atoms with Gasteiger partial charge in [-0.3, -0.25) is 9.69 Å². The lowest BCUT2D eigenvalue weighted by Gasteiger charge is -2.33. The minimum absolute atomic E-state index is 0.207. The number of hydrogen-bond acceptors (Lipinski definition) is 6. The molecule has 0 saturated heterocycles. The first-order chi connectivity index (χ1) is 14.5. The van der Waals surface area contributed by atoms with Crippen molar-refractivity contribution in [2.24, 2.45) is 5.92 Å². The Morgan fingerprint density at radius 2 is 2.14 bits per heavy atom. The van der Waals surface area contributed by atoms with Crippen LogP contribution in [0.5, 0.6) is 5.06 Å². The van der Waals surface area contributed by atoms with E-state index in [9.17, 15) is 9.59 Å². The average Bonchev–Trinajstić information content (AvgIpc) is 3.02. The molecule has 0 spiro atoms. The first-order valence-corrected chi connectivity index (χ1v) is 10.3. The SMILES string of the molecule is [2H]C([2H])([2H])OC(=O)[C@H](c1ccccc1Cl)N1CCc2sc(OC(=O)CC(C)C)cc2C1. The number of hydrogen-bond donors (Lipinski definition) is 0. The number of thiophene rings is 1. The van der Waals surface area contributed by atoms with Crippen LogP contribution in [-0.2, 0) is 27.3 Å². The van der Waals surface area contributed by atoms with Crippen molar-refractivity contribution in [3.05, 3.63) is 51.4 Å². The van der Waals surface area contributed by atoms with Crippen molar-refractivity contribution in [2.45, 2.75) is 39.3 Å². The van der Waals surface area contributed by atoms with E-state index in [1.165, 1.54) is 11.3 Å². The fourth-order valence-corrected chi connectivity index (χ4v) is 4.58. The number of benzene rings is 1. The normalized spacial score (nSPS) is 17.2. The third-order valence-electron chi connectivity index (χ3n) is 4.55. The molecule has 0 fully saturated rings. The summed E-state index contributed by atoms with van der Waals surface area (Å²) in [6.07, 6.45) is 0.966. The maximum Gasteiger partial charge on any atom is 0.327 e. The van der Waals surface area contributed by atoms with Crippen molar-refractivity contribution in [3.63, 3.8) is 0 Å². The molecule has 0 N–H and O–H groups in total. The Morgan fingerprint density at radius 1 is 1.36 bits per heavy atom. The van der Waals surface area contributed by atoms with E-state index in [1.54, 1.807) is 24.3 Å². The highest BCUT2D eigenvalue weighted by Crippen LogP contribution is 2.37. The van der Waals surface area contributed by atoms with Crippen LogP contribution in [0.1, 0.15) is 46.4 Å². The summed E-state index contributed by atoms with van der Waals surface area (Å²) in [5.41, 5.74) is 1.42. The molecule has 1 aliphatic rings. The van der Waals surface area contributed by atoms with Crippen molar-refractivity contribution in [3.8, 4) is 5.06 Å². The molecule has 0 bridgehead atoms. The number of nitrogens with zero attached hydrogens (tertiary/aromatic N) is 1. The maximum atomic E-state index is 12.8. The van der Waals surface area contributed by atoms with Crippen molar-refractivity contribution in [1.82, 2.24) is 4.90 Å². The molecule has 0 saturated carbocycles. The van der Waals surface area contributed by atoms with Crippen molar-refractivity contribution < 1.29 is 23.2 Å². The van der Waals surface area contributed by atoms with E-state index in [-0.39, 0.29) is 11.9 Å². The Kier molecular flexibility index (Phi) is 5.51. The van der Waals surface area contributed by atoms with Crippen LogP contribution < -0.4 is 4.74 Å². The molecule has 0 aliphatic carbocycles. The minimum atomic E-state index is -2.85. The summed E-state index contributed by atoms with van der Waals surface area (Å²) in [6.45, 7) is 4.77. The molecular weight excluding hydrogens is 398 g/mol. The first kappa shape index (κ1) is 17.0. The highest BCUT2D eigenvalue weighted by Gasteiger charge is 2.33. The fraction of sp³-hybridized carbons (Fsp3) is 0.429. The van der Waals surface area contributed by atoms with Gasteiger partial charge in [0.25, 0.3) is 0 Å². The van der Waals surface area contributed by atoms with Gasteiger partial charge in [-0.1, -0.05) is 43.6 Å². The van der Waals surface area contributed by atoms with Crippen LogP contribution in [0.3, 0.4) is 0 Å². The van der Waals surface area contributed by atoms with Crippen LogP contribution in [0, 0.1) is 5.92 Å². The van der Waals surface area contributed by atoms with Crippen LogP contribution in [0.2, 0.25) is 5.02 Å². The summed E-state index contributed by atoms with van der Waals surface area (Å²) < 4.78 is 32.1. The summed E-state index contributed by atoms with van der Waals surface area (Å²) >= 11 is 7.75. The molecule has 3 rings (SSSR count). The number of halogens is 1.